The van der Waals surface area contributed by atoms with Crippen LogP contribution in [0.2, 0.25) is 10.0 Å². The summed E-state index contributed by atoms with van der Waals surface area (Å²) >= 11 is 12.0. The van der Waals surface area contributed by atoms with E-state index in [1.54, 1.807) is 24.3 Å². The van der Waals surface area contributed by atoms with Crippen molar-refractivity contribution in [2.75, 3.05) is 11.9 Å². The molecule has 3 N–H and O–H groups in total. The molecule has 2 aromatic carbocycles. The minimum atomic E-state index is -3.63. The molecule has 1 heterocycles. The number of primary sulfonamides is 1. The Morgan fingerprint density at radius 1 is 1.10 bits per heavy atom. The Labute approximate surface area is 178 Å². The number of halogens is 2. The Balaban J connectivity index is 1.70. The molecule has 1 fully saturated rings. The first-order valence-corrected chi connectivity index (χ1v) is 11.3. The summed E-state index contributed by atoms with van der Waals surface area (Å²) in [5.74, 6) is -0.910. The van der Waals surface area contributed by atoms with E-state index in [2.05, 4.69) is 5.32 Å². The third-order valence-corrected chi connectivity index (χ3v) is 5.69. The molecule has 7 nitrogen and oxygen atoms in total. The van der Waals surface area contributed by atoms with Crippen LogP contribution in [0.15, 0.2) is 42.5 Å². The first-order chi connectivity index (χ1) is 13.6. The van der Waals surface area contributed by atoms with E-state index < -0.39 is 16.1 Å². The quantitative estimate of drug-likeness (QED) is 0.721. The minimum Gasteiger partial charge on any atom is -0.327 e. The standard InChI is InChI=1S/C19H19Cl2N3O4S/c20-14-8-13(9-15(21)10-14)19(26)24-7-1-2-17(24)18(25)23-16-5-3-12(4-6-16)11-29(22,27)28/h3-6,8-10,17H,1-2,7,11H2,(H,23,25)(H2,22,27,28). The summed E-state index contributed by atoms with van der Waals surface area (Å²) < 4.78 is 22.3. The van der Waals surface area contributed by atoms with Crippen LogP contribution in [0.5, 0.6) is 0 Å². The van der Waals surface area contributed by atoms with Crippen molar-refractivity contribution < 1.29 is 18.0 Å². The predicted molar refractivity (Wildman–Crippen MR) is 112 cm³/mol. The molecule has 1 aliphatic heterocycles. The van der Waals surface area contributed by atoms with E-state index in [4.69, 9.17) is 28.3 Å². The summed E-state index contributed by atoms with van der Waals surface area (Å²) in [6.45, 7) is 0.453. The van der Waals surface area contributed by atoms with E-state index in [1.165, 1.54) is 23.1 Å². The number of sulfonamides is 1. The number of hydrogen-bond donors (Lipinski definition) is 2. The molecule has 0 spiro atoms. The molecule has 2 aromatic rings. The molecule has 1 unspecified atom stereocenters. The van der Waals surface area contributed by atoms with Crippen LogP contribution in [0.4, 0.5) is 5.69 Å². The first-order valence-electron chi connectivity index (χ1n) is 8.80. The summed E-state index contributed by atoms with van der Waals surface area (Å²) in [5, 5.41) is 8.49. The molecule has 1 aliphatic rings. The zero-order valence-corrected chi connectivity index (χ0v) is 17.6. The molecule has 1 saturated heterocycles. The number of nitrogens with zero attached hydrogens (tertiary/aromatic N) is 1. The van der Waals surface area contributed by atoms with Crippen LogP contribution in [0.25, 0.3) is 0 Å². The van der Waals surface area contributed by atoms with Crippen molar-refractivity contribution in [2.45, 2.75) is 24.6 Å². The summed E-state index contributed by atoms with van der Waals surface area (Å²) in [5.41, 5.74) is 1.34. The van der Waals surface area contributed by atoms with Crippen LogP contribution >= 0.6 is 23.2 Å². The number of amides is 2. The van der Waals surface area contributed by atoms with Crippen molar-refractivity contribution in [3.63, 3.8) is 0 Å². The van der Waals surface area contributed by atoms with Gasteiger partial charge in [-0.15, -0.1) is 0 Å². The summed E-state index contributed by atoms with van der Waals surface area (Å²) in [7, 11) is -3.63. The minimum absolute atomic E-state index is 0.283. The number of carbonyl (C=O) groups excluding carboxylic acids is 2. The fourth-order valence-corrected chi connectivity index (χ4v) is 4.45. The smallest absolute Gasteiger partial charge is 0.254 e. The lowest BCUT2D eigenvalue weighted by molar-refractivity contribution is -0.119. The van der Waals surface area contributed by atoms with Crippen LogP contribution in [0.3, 0.4) is 0 Å². The first kappa shape index (κ1) is 21.6. The maximum atomic E-state index is 12.9. The van der Waals surface area contributed by atoms with Gasteiger partial charge in [0.05, 0.1) is 5.75 Å². The second-order valence-corrected chi connectivity index (χ2v) is 9.30. The molecule has 1 atom stereocenters. The maximum Gasteiger partial charge on any atom is 0.254 e. The van der Waals surface area contributed by atoms with Gasteiger partial charge < -0.3 is 10.2 Å². The molecular formula is C19H19Cl2N3O4S. The van der Waals surface area contributed by atoms with Gasteiger partial charge in [-0.2, -0.15) is 0 Å². The highest BCUT2D eigenvalue weighted by atomic mass is 35.5. The fraction of sp³-hybridized carbons (Fsp3) is 0.263. The monoisotopic (exact) mass is 455 g/mol. The number of carbonyl (C=O) groups is 2. The Kier molecular flexibility index (Phi) is 6.48. The molecule has 10 heteroatoms. The van der Waals surface area contributed by atoms with Gasteiger partial charge in [0.25, 0.3) is 5.91 Å². The average Bonchev–Trinajstić information content (AvgIpc) is 3.10. The number of anilines is 1. The second kappa shape index (κ2) is 8.71. The summed E-state index contributed by atoms with van der Waals surface area (Å²) in [6.07, 6.45) is 1.24. The third-order valence-electron chi connectivity index (χ3n) is 4.52. The molecule has 29 heavy (non-hydrogen) atoms. The third kappa shape index (κ3) is 5.70. The Hall–Kier alpha value is -2.13. The highest BCUT2D eigenvalue weighted by Gasteiger charge is 2.34. The number of rotatable bonds is 5. The van der Waals surface area contributed by atoms with Crippen molar-refractivity contribution >= 4 is 50.7 Å². The normalized spacial score (nSPS) is 16.7. The predicted octanol–water partition coefficient (Wildman–Crippen LogP) is 3.03. The van der Waals surface area contributed by atoms with Crippen LogP contribution < -0.4 is 10.5 Å². The van der Waals surface area contributed by atoms with Crippen LogP contribution in [-0.2, 0) is 20.6 Å². The van der Waals surface area contributed by atoms with Crippen LogP contribution in [0.1, 0.15) is 28.8 Å². The fourth-order valence-electron chi connectivity index (χ4n) is 3.27. The molecule has 0 radical (unpaired) electrons. The molecule has 0 bridgehead atoms. The van der Waals surface area contributed by atoms with Gasteiger partial charge in [-0.05, 0) is 48.7 Å². The zero-order valence-electron chi connectivity index (χ0n) is 15.3. The maximum absolute atomic E-state index is 12.9. The van der Waals surface area contributed by atoms with Gasteiger partial charge in [0.2, 0.25) is 15.9 Å². The van der Waals surface area contributed by atoms with Crippen molar-refractivity contribution in [2.24, 2.45) is 5.14 Å². The van der Waals surface area contributed by atoms with E-state index in [1.807, 2.05) is 0 Å². The number of likely N-dealkylation sites (tertiary alicyclic amines) is 1. The number of nitrogens with one attached hydrogen (secondary N) is 1. The number of hydrogen-bond acceptors (Lipinski definition) is 4. The molecule has 0 saturated carbocycles. The van der Waals surface area contributed by atoms with Gasteiger partial charge in [-0.3, -0.25) is 9.59 Å². The van der Waals surface area contributed by atoms with Gasteiger partial charge in [0.15, 0.2) is 0 Å². The Bertz CT molecular complexity index is 1020. The molecule has 0 aliphatic carbocycles. The van der Waals surface area contributed by atoms with E-state index in [0.29, 0.717) is 46.2 Å². The van der Waals surface area contributed by atoms with Gasteiger partial charge in [0.1, 0.15) is 6.04 Å². The Morgan fingerprint density at radius 2 is 1.72 bits per heavy atom. The number of benzene rings is 2. The molecule has 2 amide bonds. The van der Waals surface area contributed by atoms with E-state index in [0.717, 1.165) is 0 Å². The highest BCUT2D eigenvalue weighted by Crippen LogP contribution is 2.25. The van der Waals surface area contributed by atoms with E-state index >= 15 is 0 Å². The van der Waals surface area contributed by atoms with Crippen molar-refractivity contribution in [1.82, 2.24) is 4.90 Å². The molecule has 3 rings (SSSR count). The molecule has 154 valence electrons. The second-order valence-electron chi connectivity index (χ2n) is 6.81. The van der Waals surface area contributed by atoms with Crippen LogP contribution in [-0.4, -0.2) is 37.7 Å². The largest absolute Gasteiger partial charge is 0.327 e. The molecule has 0 aromatic heterocycles. The topological polar surface area (TPSA) is 110 Å². The zero-order chi connectivity index (χ0) is 21.2. The summed E-state index contributed by atoms with van der Waals surface area (Å²) in [6, 6.07) is 10.3. The molecular weight excluding hydrogens is 437 g/mol. The lowest BCUT2D eigenvalue weighted by Crippen LogP contribution is -2.43. The highest BCUT2D eigenvalue weighted by molar-refractivity contribution is 7.88. The Morgan fingerprint density at radius 3 is 2.31 bits per heavy atom. The van der Waals surface area contributed by atoms with E-state index in [9.17, 15) is 18.0 Å². The van der Waals surface area contributed by atoms with Crippen molar-refractivity contribution in [3.8, 4) is 0 Å². The van der Waals surface area contributed by atoms with Gasteiger partial charge >= 0.3 is 0 Å². The lowest BCUT2D eigenvalue weighted by atomic mass is 10.1. The SMILES string of the molecule is NS(=O)(=O)Cc1ccc(NC(=O)C2CCCN2C(=O)c2cc(Cl)cc(Cl)c2)cc1. The van der Waals surface area contributed by atoms with E-state index in [-0.39, 0.29) is 17.6 Å². The van der Waals surface area contributed by atoms with Crippen molar-refractivity contribution in [3.05, 3.63) is 63.6 Å². The lowest BCUT2D eigenvalue weighted by Gasteiger charge is -2.24. The number of nitrogens with two attached hydrogens (primary N) is 1. The summed E-state index contributed by atoms with van der Waals surface area (Å²) in [4.78, 5) is 27.1. The average molecular weight is 456 g/mol. The van der Waals surface area contributed by atoms with Crippen molar-refractivity contribution in [1.29, 1.82) is 0 Å². The van der Waals surface area contributed by atoms with Gasteiger partial charge in [0, 0.05) is 27.8 Å². The van der Waals surface area contributed by atoms with Gasteiger partial charge in [-0.25, -0.2) is 13.6 Å². The van der Waals surface area contributed by atoms with Gasteiger partial charge in [-0.1, -0.05) is 35.3 Å². The van der Waals surface area contributed by atoms with Crippen LogP contribution in [0, 0.1) is 0 Å².